The highest BCUT2D eigenvalue weighted by Gasteiger charge is 2.42. The Bertz CT molecular complexity index is 1050. The van der Waals surface area contributed by atoms with E-state index in [4.69, 9.17) is 0 Å². The monoisotopic (exact) mass is 539 g/mol. The van der Waals surface area contributed by atoms with E-state index in [9.17, 15) is 34.8 Å². The lowest BCUT2D eigenvalue weighted by molar-refractivity contribution is -0.184. The number of rotatable bonds is 7. The molecule has 1 aromatic carbocycles. The van der Waals surface area contributed by atoms with E-state index in [2.05, 4.69) is 10.8 Å². The van der Waals surface area contributed by atoms with Crippen LogP contribution in [0.15, 0.2) is 24.3 Å². The Hall–Kier alpha value is -1.63. The fraction of sp³-hybridized carbons (Fsp3) is 0.667. The van der Waals surface area contributed by atoms with Crippen LogP contribution in [0.2, 0.25) is 0 Å². The van der Waals surface area contributed by atoms with Crippen LogP contribution < -0.4 is 9.44 Å². The van der Waals surface area contributed by atoms with Gasteiger partial charge >= 0.3 is 12.4 Å². The molecular weight excluding hydrogens is 508 g/mol. The van der Waals surface area contributed by atoms with Crippen molar-refractivity contribution in [2.75, 3.05) is 26.2 Å². The first-order valence-electron chi connectivity index (χ1n) is 12.2. The number of halogens is 6. The molecule has 1 aliphatic heterocycles. The molecule has 2 N–H and O–H groups in total. The van der Waals surface area contributed by atoms with Gasteiger partial charge in [-0.3, -0.25) is 4.90 Å². The molecule has 1 aromatic rings. The standard InChI is InChI=1S/C24H31F6N3O2S/c25-23(26,27)15-31-36(34,35)32-22-18-5-6-19(22)14-20-12-16(3-4-17(20)13-18)2-1-9-33-10-7-21(8-11-33)24(28,29)30/h1-4,12,18-19,21-22,31-32H,5-11,13-15H2/b2-1+/t18-,19+,22+/m0/s1. The topological polar surface area (TPSA) is 61.4 Å². The summed E-state index contributed by atoms with van der Waals surface area (Å²) in [5, 5.41) is 0. The second-order valence-electron chi connectivity index (χ2n) is 10.1. The highest BCUT2D eigenvalue weighted by Crippen LogP contribution is 2.40. The molecule has 0 radical (unpaired) electrons. The first-order valence-corrected chi connectivity index (χ1v) is 13.7. The lowest BCUT2D eigenvalue weighted by Crippen LogP contribution is -2.49. The van der Waals surface area contributed by atoms with Gasteiger partial charge in [0.2, 0.25) is 0 Å². The summed E-state index contributed by atoms with van der Waals surface area (Å²) in [5.74, 6) is -1.21. The van der Waals surface area contributed by atoms with Gasteiger partial charge in [-0.15, -0.1) is 0 Å². The number of hydrogen-bond donors (Lipinski definition) is 2. The van der Waals surface area contributed by atoms with Crippen molar-refractivity contribution in [2.24, 2.45) is 17.8 Å². The molecule has 12 heteroatoms. The average molecular weight is 540 g/mol. The second kappa shape index (κ2) is 10.6. The summed E-state index contributed by atoms with van der Waals surface area (Å²) >= 11 is 0. The summed E-state index contributed by atoms with van der Waals surface area (Å²) < 4.78 is 104. The van der Waals surface area contributed by atoms with Crippen molar-refractivity contribution < 1.29 is 34.8 Å². The molecule has 1 saturated carbocycles. The van der Waals surface area contributed by atoms with Crippen LogP contribution in [0.3, 0.4) is 0 Å². The molecule has 2 fully saturated rings. The van der Waals surface area contributed by atoms with Crippen LogP contribution in [-0.4, -0.2) is 57.9 Å². The molecule has 2 bridgehead atoms. The fourth-order valence-corrected chi connectivity index (χ4v) is 6.88. The van der Waals surface area contributed by atoms with E-state index in [1.165, 1.54) is 0 Å². The molecule has 5 nitrogen and oxygen atoms in total. The molecule has 0 unspecified atom stereocenters. The largest absolute Gasteiger partial charge is 0.402 e. The maximum atomic E-state index is 12.8. The van der Waals surface area contributed by atoms with Crippen molar-refractivity contribution in [3.63, 3.8) is 0 Å². The van der Waals surface area contributed by atoms with Crippen LogP contribution in [0.25, 0.3) is 6.08 Å². The third-order valence-electron chi connectivity index (χ3n) is 7.60. The summed E-state index contributed by atoms with van der Waals surface area (Å²) in [5.41, 5.74) is 3.17. The van der Waals surface area contributed by atoms with E-state index in [0.29, 0.717) is 32.5 Å². The van der Waals surface area contributed by atoms with Crippen molar-refractivity contribution >= 4 is 16.3 Å². The van der Waals surface area contributed by atoms with Crippen molar-refractivity contribution in [1.82, 2.24) is 14.3 Å². The van der Waals surface area contributed by atoms with E-state index < -0.39 is 41.1 Å². The molecule has 0 spiro atoms. The molecule has 1 saturated heterocycles. The Balaban J connectivity index is 1.35. The number of nitrogens with one attached hydrogen (secondary N) is 2. The molecule has 0 aromatic heterocycles. The Kier molecular flexibility index (Phi) is 8.09. The molecular formula is C24H31F6N3O2S. The summed E-state index contributed by atoms with van der Waals surface area (Å²) in [4.78, 5) is 2.00. The SMILES string of the molecule is O=S(=O)(NCC(F)(F)F)N[C@H]1[C@@H]2CC[C@H]1Cc1ccc(/C=C/CN3CCC(C(F)(F)F)CC3)cc1C2. The minimum absolute atomic E-state index is 0.00660. The van der Waals surface area contributed by atoms with Gasteiger partial charge in [0.1, 0.15) is 6.54 Å². The van der Waals surface area contributed by atoms with Crippen molar-refractivity contribution in [2.45, 2.75) is 56.9 Å². The van der Waals surface area contributed by atoms with Crippen molar-refractivity contribution in [1.29, 1.82) is 0 Å². The van der Waals surface area contributed by atoms with Gasteiger partial charge in [0.25, 0.3) is 10.2 Å². The predicted octanol–water partition coefficient (Wildman–Crippen LogP) is 4.45. The summed E-state index contributed by atoms with van der Waals surface area (Å²) in [6.45, 7) is -0.213. The van der Waals surface area contributed by atoms with Crippen LogP contribution in [0.1, 0.15) is 42.4 Å². The van der Waals surface area contributed by atoms with Gasteiger partial charge < -0.3 is 0 Å². The van der Waals surface area contributed by atoms with Gasteiger partial charge in [-0.25, -0.2) is 0 Å². The van der Waals surface area contributed by atoms with Crippen LogP contribution in [-0.2, 0) is 23.1 Å². The molecule has 2 aliphatic carbocycles. The number of hydrogen-bond acceptors (Lipinski definition) is 3. The number of likely N-dealkylation sites (tertiary alicyclic amines) is 1. The van der Waals surface area contributed by atoms with Crippen LogP contribution in [0, 0.1) is 17.8 Å². The third-order valence-corrected chi connectivity index (χ3v) is 8.70. The smallest absolute Gasteiger partial charge is 0.300 e. The molecule has 36 heavy (non-hydrogen) atoms. The zero-order chi connectivity index (χ0) is 26.1. The Labute approximate surface area is 207 Å². The van der Waals surface area contributed by atoms with E-state index in [-0.39, 0.29) is 24.7 Å². The van der Waals surface area contributed by atoms with Gasteiger partial charge in [-0.05, 0) is 80.1 Å². The van der Waals surface area contributed by atoms with Gasteiger partial charge in [0.15, 0.2) is 0 Å². The van der Waals surface area contributed by atoms with E-state index in [0.717, 1.165) is 29.5 Å². The zero-order valence-electron chi connectivity index (χ0n) is 19.7. The number of fused-ring (bicyclic) bond motifs is 3. The Morgan fingerprint density at radius 1 is 0.944 bits per heavy atom. The Morgan fingerprint density at radius 3 is 2.19 bits per heavy atom. The van der Waals surface area contributed by atoms with Crippen LogP contribution >= 0.6 is 0 Å². The minimum Gasteiger partial charge on any atom is -0.300 e. The van der Waals surface area contributed by atoms with E-state index in [1.807, 2.05) is 29.2 Å². The molecule has 0 amide bonds. The van der Waals surface area contributed by atoms with Crippen molar-refractivity contribution in [3.05, 3.63) is 41.0 Å². The lowest BCUT2D eigenvalue weighted by atomic mass is 9.92. The minimum atomic E-state index is -4.63. The van der Waals surface area contributed by atoms with Crippen molar-refractivity contribution in [3.8, 4) is 0 Å². The zero-order valence-corrected chi connectivity index (χ0v) is 20.5. The Morgan fingerprint density at radius 2 is 1.58 bits per heavy atom. The van der Waals surface area contributed by atoms with Gasteiger partial charge in [0, 0.05) is 12.6 Å². The third kappa shape index (κ3) is 7.23. The second-order valence-corrected chi connectivity index (χ2v) is 11.7. The summed E-state index contributed by atoms with van der Waals surface area (Å²) in [7, 11) is -4.28. The number of nitrogens with zero attached hydrogens (tertiary/aromatic N) is 1. The van der Waals surface area contributed by atoms with Gasteiger partial charge in [-0.2, -0.15) is 44.2 Å². The normalized spacial score (nSPS) is 26.3. The molecule has 1 heterocycles. The quantitative estimate of drug-likeness (QED) is 0.504. The number of piperidine rings is 1. The highest BCUT2D eigenvalue weighted by molar-refractivity contribution is 7.87. The first kappa shape index (κ1) is 27.4. The van der Waals surface area contributed by atoms with E-state index >= 15 is 0 Å². The molecule has 3 atom stereocenters. The fourth-order valence-electron chi connectivity index (χ4n) is 5.70. The predicted molar refractivity (Wildman–Crippen MR) is 124 cm³/mol. The highest BCUT2D eigenvalue weighted by atomic mass is 32.2. The number of alkyl halides is 6. The molecule has 4 rings (SSSR count). The maximum absolute atomic E-state index is 12.8. The van der Waals surface area contributed by atoms with Crippen LogP contribution in [0.4, 0.5) is 26.3 Å². The molecule has 202 valence electrons. The average Bonchev–Trinajstić information content (AvgIpc) is 3.05. The van der Waals surface area contributed by atoms with Gasteiger partial charge in [0.05, 0.1) is 5.92 Å². The number of benzene rings is 1. The summed E-state index contributed by atoms with van der Waals surface area (Å²) in [6.07, 6.45) is -1.74. The van der Waals surface area contributed by atoms with Gasteiger partial charge in [-0.1, -0.05) is 30.4 Å². The maximum Gasteiger partial charge on any atom is 0.402 e. The van der Waals surface area contributed by atoms with Crippen LogP contribution in [0.5, 0.6) is 0 Å². The lowest BCUT2D eigenvalue weighted by Gasteiger charge is -2.32. The summed E-state index contributed by atoms with van der Waals surface area (Å²) in [6, 6.07) is 5.60. The molecule has 3 aliphatic rings. The van der Waals surface area contributed by atoms with E-state index in [1.54, 1.807) is 4.72 Å². The first-order chi connectivity index (χ1) is 16.8.